The summed E-state index contributed by atoms with van der Waals surface area (Å²) < 4.78 is 44.7. The Labute approximate surface area is 215 Å². The van der Waals surface area contributed by atoms with Gasteiger partial charge in [0, 0.05) is 25.8 Å². The molecule has 2 aromatic carbocycles. The highest BCUT2D eigenvalue weighted by atomic mass is 19.4. The van der Waals surface area contributed by atoms with E-state index in [0.717, 1.165) is 41.3 Å². The van der Waals surface area contributed by atoms with Crippen molar-refractivity contribution in [3.63, 3.8) is 0 Å². The van der Waals surface area contributed by atoms with Crippen LogP contribution < -0.4 is 10.1 Å². The van der Waals surface area contributed by atoms with Crippen LogP contribution in [0.15, 0.2) is 60.8 Å². The molecule has 196 valence electrons. The maximum atomic E-state index is 13.2. The van der Waals surface area contributed by atoms with E-state index < -0.39 is 17.9 Å². The predicted octanol–water partition coefficient (Wildman–Crippen LogP) is 5.69. The third-order valence-electron chi connectivity index (χ3n) is 7.09. The maximum absolute atomic E-state index is 13.2. The zero-order chi connectivity index (χ0) is 26.6. The highest BCUT2D eigenvalue weighted by Crippen LogP contribution is 2.41. The van der Waals surface area contributed by atoms with Crippen LogP contribution >= 0.6 is 0 Å². The number of carbonyl (C=O) groups excluding carboxylic acids is 1. The average Bonchev–Trinajstić information content (AvgIpc) is 2.91. The quantitative estimate of drug-likeness (QED) is 0.422. The van der Waals surface area contributed by atoms with Crippen LogP contribution in [0.1, 0.15) is 58.9 Å². The number of hydrogen-bond acceptors (Lipinski definition) is 4. The first-order valence-corrected chi connectivity index (χ1v) is 12.5. The number of fused-ring (bicyclic) bond motifs is 1. The number of rotatable bonds is 8. The average molecular weight is 512 g/mol. The largest absolute Gasteiger partial charge is 0.496 e. The maximum Gasteiger partial charge on any atom is 0.433 e. The molecular weight excluding hydrogens is 479 g/mol. The molecule has 0 aliphatic carbocycles. The van der Waals surface area contributed by atoms with Crippen LogP contribution in [0.5, 0.6) is 5.75 Å². The molecule has 0 saturated heterocycles. The van der Waals surface area contributed by atoms with E-state index in [4.69, 9.17) is 4.74 Å². The first kappa shape index (κ1) is 26.7. The number of aryl methyl sites for hydroxylation is 2. The van der Waals surface area contributed by atoms with Crippen molar-refractivity contribution in [2.45, 2.75) is 50.9 Å². The van der Waals surface area contributed by atoms with Crippen LogP contribution in [0.2, 0.25) is 0 Å². The molecule has 37 heavy (non-hydrogen) atoms. The van der Waals surface area contributed by atoms with Gasteiger partial charge >= 0.3 is 6.18 Å². The molecule has 8 heteroatoms. The lowest BCUT2D eigenvalue weighted by Crippen LogP contribution is -2.44. The molecule has 2 heterocycles. The number of likely N-dealkylation sites (N-methyl/N-ethyl adjacent to an activating group) is 1. The molecule has 1 aromatic heterocycles. The van der Waals surface area contributed by atoms with Crippen molar-refractivity contribution in [3.05, 3.63) is 94.3 Å². The number of hydrogen-bond donors (Lipinski definition) is 1. The fourth-order valence-corrected chi connectivity index (χ4v) is 5.21. The Balaban J connectivity index is 1.73. The van der Waals surface area contributed by atoms with Crippen molar-refractivity contribution < 1.29 is 22.7 Å². The molecule has 1 aliphatic heterocycles. The predicted molar refractivity (Wildman–Crippen MR) is 136 cm³/mol. The Hall–Kier alpha value is -3.39. The third-order valence-corrected chi connectivity index (χ3v) is 7.09. The van der Waals surface area contributed by atoms with E-state index >= 15 is 0 Å². The van der Waals surface area contributed by atoms with E-state index in [1.807, 2.05) is 30.3 Å². The van der Waals surface area contributed by atoms with Gasteiger partial charge < -0.3 is 10.1 Å². The lowest BCUT2D eigenvalue weighted by molar-refractivity contribution is -0.141. The topological polar surface area (TPSA) is 54.5 Å². The van der Waals surface area contributed by atoms with Gasteiger partial charge in [-0.2, -0.15) is 13.2 Å². The van der Waals surface area contributed by atoms with Gasteiger partial charge in [0.05, 0.1) is 7.11 Å². The molecular formula is C29H32F3N3O2. The van der Waals surface area contributed by atoms with Crippen molar-refractivity contribution in [2.75, 3.05) is 20.7 Å². The van der Waals surface area contributed by atoms with Gasteiger partial charge in [0.15, 0.2) is 0 Å². The van der Waals surface area contributed by atoms with E-state index in [1.165, 1.54) is 17.8 Å². The van der Waals surface area contributed by atoms with E-state index in [1.54, 1.807) is 14.2 Å². The second-order valence-electron chi connectivity index (χ2n) is 9.24. The zero-order valence-electron chi connectivity index (χ0n) is 21.3. The summed E-state index contributed by atoms with van der Waals surface area (Å²) in [5.41, 5.74) is 4.14. The Morgan fingerprint density at radius 3 is 2.54 bits per heavy atom. The molecule has 2 unspecified atom stereocenters. The molecule has 1 N–H and O–H groups in total. The molecule has 0 radical (unpaired) electrons. The number of ether oxygens (including phenoxy) is 1. The molecule has 0 bridgehead atoms. The second-order valence-corrected chi connectivity index (χ2v) is 9.24. The van der Waals surface area contributed by atoms with Gasteiger partial charge in [0.25, 0.3) is 0 Å². The fraction of sp³-hybridized carbons (Fsp3) is 0.379. The Bertz CT molecular complexity index is 1210. The Morgan fingerprint density at radius 2 is 1.95 bits per heavy atom. The fourth-order valence-electron chi connectivity index (χ4n) is 5.21. The summed E-state index contributed by atoms with van der Waals surface area (Å²) in [4.78, 5) is 19.0. The zero-order valence-corrected chi connectivity index (χ0v) is 21.3. The number of nitrogens with one attached hydrogen (secondary N) is 1. The van der Waals surface area contributed by atoms with Crippen molar-refractivity contribution >= 4 is 5.91 Å². The summed E-state index contributed by atoms with van der Waals surface area (Å²) in [5.74, 6) is 0.702. The van der Waals surface area contributed by atoms with Crippen LogP contribution in [0.25, 0.3) is 0 Å². The van der Waals surface area contributed by atoms with E-state index in [9.17, 15) is 18.0 Å². The summed E-state index contributed by atoms with van der Waals surface area (Å²) in [6.45, 7) is 2.76. The van der Waals surface area contributed by atoms with Crippen LogP contribution in [0.3, 0.4) is 0 Å². The van der Waals surface area contributed by atoms with Gasteiger partial charge in [-0.05, 0) is 65.6 Å². The highest BCUT2D eigenvalue weighted by molar-refractivity contribution is 5.83. The first-order valence-electron chi connectivity index (χ1n) is 12.5. The summed E-state index contributed by atoms with van der Waals surface area (Å²) >= 11 is 0. The molecule has 1 amide bonds. The molecule has 1 aliphatic rings. The number of aromatic nitrogens is 1. The van der Waals surface area contributed by atoms with Gasteiger partial charge in [0.2, 0.25) is 5.91 Å². The Kier molecular flexibility index (Phi) is 8.17. The van der Waals surface area contributed by atoms with Gasteiger partial charge in [-0.1, -0.05) is 49.4 Å². The van der Waals surface area contributed by atoms with E-state index in [2.05, 4.69) is 34.3 Å². The third kappa shape index (κ3) is 5.80. The van der Waals surface area contributed by atoms with Crippen molar-refractivity contribution in [1.82, 2.24) is 15.2 Å². The summed E-state index contributed by atoms with van der Waals surface area (Å²) in [6.07, 6.45) is -0.432. The lowest BCUT2D eigenvalue weighted by atomic mass is 9.85. The molecule has 0 spiro atoms. The number of alkyl halides is 3. The number of benzene rings is 2. The molecule has 0 saturated carbocycles. The minimum atomic E-state index is -4.47. The van der Waals surface area contributed by atoms with Gasteiger partial charge in [-0.25, -0.2) is 0 Å². The van der Waals surface area contributed by atoms with Crippen molar-refractivity contribution in [3.8, 4) is 5.75 Å². The molecule has 0 fully saturated rings. The van der Waals surface area contributed by atoms with E-state index in [-0.39, 0.29) is 11.9 Å². The minimum absolute atomic E-state index is 0.104. The summed E-state index contributed by atoms with van der Waals surface area (Å²) in [5, 5.41) is 2.82. The summed E-state index contributed by atoms with van der Waals surface area (Å²) in [6, 6.07) is 15.8. The smallest absolute Gasteiger partial charge is 0.433 e. The van der Waals surface area contributed by atoms with Gasteiger partial charge in [-0.15, -0.1) is 0 Å². The normalized spacial score (nSPS) is 16.6. The summed E-state index contributed by atoms with van der Waals surface area (Å²) in [7, 11) is 3.29. The van der Waals surface area contributed by atoms with E-state index in [0.29, 0.717) is 24.9 Å². The van der Waals surface area contributed by atoms with Crippen molar-refractivity contribution in [2.24, 2.45) is 0 Å². The number of halogens is 3. The lowest BCUT2D eigenvalue weighted by Gasteiger charge is -2.42. The van der Waals surface area contributed by atoms with Crippen molar-refractivity contribution in [1.29, 1.82) is 0 Å². The molecule has 4 rings (SSSR count). The van der Waals surface area contributed by atoms with Crippen LogP contribution in [0.4, 0.5) is 13.2 Å². The SMILES string of the molecule is CCc1cc2c(cc1OC)C(CCc1ccc(C(F)(F)F)nc1)N(C(C(=O)NC)c1ccccc1)CC2. The molecule has 3 aromatic rings. The number of amides is 1. The monoisotopic (exact) mass is 511 g/mol. The van der Waals surface area contributed by atoms with Gasteiger partial charge in [-0.3, -0.25) is 14.7 Å². The van der Waals surface area contributed by atoms with Gasteiger partial charge in [0.1, 0.15) is 17.5 Å². The Morgan fingerprint density at radius 1 is 1.19 bits per heavy atom. The molecule has 2 atom stereocenters. The second kappa shape index (κ2) is 11.3. The van der Waals surface area contributed by atoms with Crippen LogP contribution in [-0.4, -0.2) is 36.5 Å². The number of nitrogens with zero attached hydrogens (tertiary/aromatic N) is 2. The number of carbonyl (C=O) groups is 1. The van der Waals surface area contributed by atoms with Crippen LogP contribution in [-0.2, 0) is 30.2 Å². The van der Waals surface area contributed by atoms with Crippen LogP contribution in [0, 0.1) is 0 Å². The standard InChI is InChI=1S/C29H32F3N3O2/c1-4-20-16-22-14-15-35(27(28(36)33-2)21-8-6-5-7-9-21)24(23(22)17-25(20)37-3)12-10-19-11-13-26(34-18-19)29(30,31)32/h5-9,11,13,16-18,24,27H,4,10,12,14-15H2,1-3H3,(H,33,36). The first-order chi connectivity index (χ1) is 17.8. The minimum Gasteiger partial charge on any atom is -0.496 e. The number of methoxy groups -OCH3 is 1. The molecule has 5 nitrogen and oxygen atoms in total. The number of pyridine rings is 1. The highest BCUT2D eigenvalue weighted by Gasteiger charge is 2.37.